The van der Waals surface area contributed by atoms with Crippen molar-refractivity contribution in [1.82, 2.24) is 20.0 Å². The van der Waals surface area contributed by atoms with E-state index in [4.69, 9.17) is 4.74 Å². The fraction of sp³-hybridized carbons (Fsp3) is 0.765. The molecule has 3 rings (SSSR count). The van der Waals surface area contributed by atoms with E-state index in [1.165, 1.54) is 4.90 Å². The van der Waals surface area contributed by atoms with Crippen LogP contribution in [0.15, 0.2) is 0 Å². The van der Waals surface area contributed by atoms with Gasteiger partial charge in [-0.2, -0.15) is 0 Å². The van der Waals surface area contributed by atoms with Gasteiger partial charge in [0.2, 0.25) is 17.7 Å². The number of hydrogen-bond donors (Lipinski definition) is 1. The van der Waals surface area contributed by atoms with Gasteiger partial charge in [-0.1, -0.05) is 0 Å². The highest BCUT2D eigenvalue weighted by Crippen LogP contribution is 2.38. The highest BCUT2D eigenvalue weighted by Gasteiger charge is 2.43. The number of imide groups is 1. The van der Waals surface area contributed by atoms with Gasteiger partial charge in [-0.25, -0.2) is 4.79 Å². The summed E-state index contributed by atoms with van der Waals surface area (Å²) in [5.74, 6) is -0.380. The topological polar surface area (TPSA) is 99.3 Å². The standard InChI is InChI=1S/C17H26N4O5/c1-26-8-7-20-12-17(5-3-14(20)23)4-2-6-19(11-17)15(24)10-21-9-13(22)18-16(21)25/h2-12H2,1H3,(H,18,22,25). The number of ether oxygens (including phenoxy) is 1. The first-order chi connectivity index (χ1) is 12.4. The van der Waals surface area contributed by atoms with E-state index in [0.717, 1.165) is 19.3 Å². The molecule has 0 aromatic heterocycles. The Morgan fingerprint density at radius 3 is 2.69 bits per heavy atom. The Hall–Kier alpha value is -2.16. The van der Waals surface area contributed by atoms with Crippen molar-refractivity contribution < 1.29 is 23.9 Å². The summed E-state index contributed by atoms with van der Waals surface area (Å²) in [4.78, 5) is 52.6. The molecule has 0 aliphatic carbocycles. The van der Waals surface area contributed by atoms with Gasteiger partial charge < -0.3 is 19.4 Å². The highest BCUT2D eigenvalue weighted by atomic mass is 16.5. The van der Waals surface area contributed by atoms with Crippen LogP contribution in [-0.4, -0.2) is 91.4 Å². The Morgan fingerprint density at radius 1 is 1.19 bits per heavy atom. The maximum Gasteiger partial charge on any atom is 0.325 e. The number of rotatable bonds is 5. The van der Waals surface area contributed by atoms with Gasteiger partial charge in [-0.3, -0.25) is 19.7 Å². The number of nitrogens with one attached hydrogen (secondary N) is 1. The average Bonchev–Trinajstić information content (AvgIpc) is 2.93. The molecule has 5 amide bonds. The number of methoxy groups -OCH3 is 1. The molecule has 26 heavy (non-hydrogen) atoms. The van der Waals surface area contributed by atoms with Crippen molar-refractivity contribution in [2.24, 2.45) is 5.41 Å². The zero-order valence-electron chi connectivity index (χ0n) is 15.2. The van der Waals surface area contributed by atoms with Gasteiger partial charge in [0, 0.05) is 45.1 Å². The smallest absolute Gasteiger partial charge is 0.325 e. The van der Waals surface area contributed by atoms with Gasteiger partial charge >= 0.3 is 6.03 Å². The number of amides is 5. The van der Waals surface area contributed by atoms with Crippen molar-refractivity contribution in [3.05, 3.63) is 0 Å². The van der Waals surface area contributed by atoms with Crippen molar-refractivity contribution in [2.75, 3.05) is 53.0 Å². The first kappa shape index (κ1) is 18.6. The van der Waals surface area contributed by atoms with Crippen LogP contribution in [0.1, 0.15) is 25.7 Å². The third-order valence-electron chi connectivity index (χ3n) is 5.52. The molecule has 3 aliphatic heterocycles. The fourth-order valence-electron chi connectivity index (χ4n) is 4.14. The molecule has 0 bridgehead atoms. The summed E-state index contributed by atoms with van der Waals surface area (Å²) in [7, 11) is 1.62. The summed E-state index contributed by atoms with van der Waals surface area (Å²) in [6.45, 7) is 2.80. The molecule has 0 aromatic rings. The van der Waals surface area contributed by atoms with Crippen molar-refractivity contribution in [3.63, 3.8) is 0 Å². The summed E-state index contributed by atoms with van der Waals surface area (Å²) >= 11 is 0. The number of urea groups is 1. The first-order valence-corrected chi connectivity index (χ1v) is 9.06. The zero-order chi connectivity index (χ0) is 18.7. The second kappa shape index (κ2) is 7.61. The molecule has 9 heteroatoms. The molecular weight excluding hydrogens is 340 g/mol. The number of likely N-dealkylation sites (tertiary alicyclic amines) is 2. The van der Waals surface area contributed by atoms with Gasteiger partial charge in [-0.15, -0.1) is 0 Å². The Bertz CT molecular complexity index is 610. The largest absolute Gasteiger partial charge is 0.383 e. The number of nitrogens with zero attached hydrogens (tertiary/aromatic N) is 3. The predicted molar refractivity (Wildman–Crippen MR) is 91.0 cm³/mol. The van der Waals surface area contributed by atoms with E-state index in [9.17, 15) is 19.2 Å². The van der Waals surface area contributed by atoms with Gasteiger partial charge in [0.1, 0.15) is 13.1 Å². The Balaban J connectivity index is 1.61. The summed E-state index contributed by atoms with van der Waals surface area (Å²) < 4.78 is 5.09. The minimum atomic E-state index is -0.510. The molecule has 0 saturated carbocycles. The van der Waals surface area contributed by atoms with Crippen LogP contribution < -0.4 is 5.32 Å². The Morgan fingerprint density at radius 2 is 2.00 bits per heavy atom. The third kappa shape index (κ3) is 3.98. The number of carbonyl (C=O) groups is 4. The van der Waals surface area contributed by atoms with Crippen LogP contribution in [0.2, 0.25) is 0 Å². The van der Waals surface area contributed by atoms with Crippen LogP contribution >= 0.6 is 0 Å². The molecule has 3 aliphatic rings. The summed E-state index contributed by atoms with van der Waals surface area (Å²) in [6.07, 6.45) is 3.13. The molecule has 3 fully saturated rings. The molecule has 3 heterocycles. The second-order valence-electron chi connectivity index (χ2n) is 7.44. The van der Waals surface area contributed by atoms with E-state index >= 15 is 0 Å². The summed E-state index contributed by atoms with van der Waals surface area (Å²) in [5.41, 5.74) is -0.0847. The predicted octanol–water partition coefficient (Wildman–Crippen LogP) is -0.584. The van der Waals surface area contributed by atoms with Gasteiger partial charge in [-0.05, 0) is 19.3 Å². The van der Waals surface area contributed by atoms with E-state index in [-0.39, 0.29) is 36.2 Å². The monoisotopic (exact) mass is 366 g/mol. The van der Waals surface area contributed by atoms with Crippen LogP contribution in [-0.2, 0) is 19.1 Å². The van der Waals surface area contributed by atoms with Crippen LogP contribution in [0.3, 0.4) is 0 Å². The lowest BCUT2D eigenvalue weighted by Crippen LogP contribution is -2.56. The lowest BCUT2D eigenvalue weighted by atomic mass is 9.73. The molecule has 1 N–H and O–H groups in total. The minimum Gasteiger partial charge on any atom is -0.383 e. The van der Waals surface area contributed by atoms with E-state index in [1.54, 1.807) is 12.0 Å². The molecule has 144 valence electrons. The van der Waals surface area contributed by atoms with Crippen molar-refractivity contribution in [3.8, 4) is 0 Å². The number of carbonyl (C=O) groups excluding carboxylic acids is 4. The van der Waals surface area contributed by atoms with Gasteiger partial charge in [0.25, 0.3) is 0 Å². The maximum absolute atomic E-state index is 12.6. The second-order valence-corrected chi connectivity index (χ2v) is 7.44. The van der Waals surface area contributed by atoms with Crippen LogP contribution in [0, 0.1) is 5.41 Å². The zero-order valence-corrected chi connectivity index (χ0v) is 15.2. The van der Waals surface area contributed by atoms with Gasteiger partial charge in [0.15, 0.2) is 0 Å². The summed E-state index contributed by atoms with van der Waals surface area (Å²) in [6, 6.07) is -0.510. The van der Waals surface area contributed by atoms with Crippen molar-refractivity contribution in [2.45, 2.75) is 25.7 Å². The number of hydrogen-bond acceptors (Lipinski definition) is 5. The molecular formula is C17H26N4O5. The van der Waals surface area contributed by atoms with E-state index in [1.807, 2.05) is 4.90 Å². The van der Waals surface area contributed by atoms with Crippen LogP contribution in [0.5, 0.6) is 0 Å². The quantitative estimate of drug-likeness (QED) is 0.656. The molecule has 0 radical (unpaired) electrons. The highest BCUT2D eigenvalue weighted by molar-refractivity contribution is 6.03. The van der Waals surface area contributed by atoms with E-state index in [2.05, 4.69) is 5.32 Å². The molecule has 3 saturated heterocycles. The average molecular weight is 366 g/mol. The molecule has 1 spiro atoms. The Labute approximate surface area is 152 Å². The Kier molecular flexibility index (Phi) is 5.45. The molecule has 0 aromatic carbocycles. The third-order valence-corrected chi connectivity index (χ3v) is 5.52. The van der Waals surface area contributed by atoms with Crippen LogP contribution in [0.4, 0.5) is 4.79 Å². The molecule has 1 unspecified atom stereocenters. The maximum atomic E-state index is 12.6. The number of piperidine rings is 2. The van der Waals surface area contributed by atoms with Crippen LogP contribution in [0.25, 0.3) is 0 Å². The first-order valence-electron chi connectivity index (χ1n) is 9.06. The lowest BCUT2D eigenvalue weighted by Gasteiger charge is -2.48. The van der Waals surface area contributed by atoms with Crippen molar-refractivity contribution in [1.29, 1.82) is 0 Å². The lowest BCUT2D eigenvalue weighted by molar-refractivity contribution is -0.143. The molecule has 1 atom stereocenters. The fourth-order valence-corrected chi connectivity index (χ4v) is 4.14. The van der Waals surface area contributed by atoms with E-state index in [0.29, 0.717) is 39.2 Å². The minimum absolute atomic E-state index is 0.0666. The normalized spacial score (nSPS) is 26.7. The van der Waals surface area contributed by atoms with Crippen molar-refractivity contribution >= 4 is 23.8 Å². The SMILES string of the molecule is COCCN1CC2(CCCN(C(=O)CN3CC(=O)NC3=O)C2)CCC1=O. The van der Waals surface area contributed by atoms with Gasteiger partial charge in [0.05, 0.1) is 6.61 Å². The molecule has 9 nitrogen and oxygen atoms in total. The summed E-state index contributed by atoms with van der Waals surface area (Å²) in [5, 5.41) is 2.18. The van der Waals surface area contributed by atoms with E-state index < -0.39 is 6.03 Å².